The Balaban J connectivity index is 2.49. The van der Waals surface area contributed by atoms with Crippen LogP contribution >= 0.6 is 0 Å². The number of hydrogen-bond donors (Lipinski definition) is 1. The highest BCUT2D eigenvalue weighted by Crippen LogP contribution is 2.26. The van der Waals surface area contributed by atoms with E-state index in [-0.39, 0.29) is 0 Å². The molecule has 0 bridgehead atoms. The van der Waals surface area contributed by atoms with E-state index >= 15 is 0 Å². The Kier molecular flexibility index (Phi) is 3.51. The van der Waals surface area contributed by atoms with E-state index in [0.717, 1.165) is 23.0 Å². The number of nitrogens with two attached hydrogens (primary N) is 1. The van der Waals surface area contributed by atoms with Crippen molar-refractivity contribution in [3.8, 4) is 0 Å². The van der Waals surface area contributed by atoms with Crippen LogP contribution in [-0.2, 0) is 0 Å². The maximum absolute atomic E-state index is 5.77. The highest BCUT2D eigenvalue weighted by Gasteiger charge is 2.07. The Morgan fingerprint density at radius 2 is 2.22 bits per heavy atom. The minimum absolute atomic E-state index is 0.443. The van der Waals surface area contributed by atoms with Gasteiger partial charge in [-0.25, -0.2) is 0 Å². The van der Waals surface area contributed by atoms with E-state index in [2.05, 4.69) is 31.2 Å². The van der Waals surface area contributed by atoms with Gasteiger partial charge in [-0.15, -0.1) is 0 Å². The van der Waals surface area contributed by atoms with Gasteiger partial charge in [0.25, 0.3) is 0 Å². The van der Waals surface area contributed by atoms with Crippen LogP contribution in [0.25, 0.3) is 16.5 Å². The lowest BCUT2D eigenvalue weighted by molar-refractivity contribution is 0.460. The van der Waals surface area contributed by atoms with E-state index in [1.54, 1.807) is 0 Å². The fourth-order valence-electron chi connectivity index (χ4n) is 1.84. The van der Waals surface area contributed by atoms with E-state index in [1.807, 2.05) is 25.1 Å². The Morgan fingerprint density at radius 1 is 1.44 bits per heavy atom. The van der Waals surface area contributed by atoms with Gasteiger partial charge in [-0.2, -0.15) is 0 Å². The van der Waals surface area contributed by atoms with Crippen molar-refractivity contribution in [2.45, 2.75) is 27.2 Å². The van der Waals surface area contributed by atoms with Gasteiger partial charge in [-0.05, 0) is 43.5 Å². The van der Waals surface area contributed by atoms with Crippen LogP contribution in [0.3, 0.4) is 0 Å². The third-order valence-corrected chi connectivity index (χ3v) is 3.10. The van der Waals surface area contributed by atoms with Crippen molar-refractivity contribution >= 4 is 22.4 Å². The minimum atomic E-state index is 0.443. The number of nitrogen functional groups attached to an aromatic ring is 1. The van der Waals surface area contributed by atoms with Gasteiger partial charge in [0.15, 0.2) is 11.4 Å². The average molecular weight is 242 g/mol. The Bertz CT molecular complexity index is 620. The summed E-state index contributed by atoms with van der Waals surface area (Å²) in [7, 11) is 0. The zero-order valence-electron chi connectivity index (χ0n) is 11.0. The van der Waals surface area contributed by atoms with Crippen molar-refractivity contribution < 1.29 is 4.52 Å². The summed E-state index contributed by atoms with van der Waals surface area (Å²) in [6, 6.07) is 5.96. The first kappa shape index (κ1) is 12.4. The summed E-state index contributed by atoms with van der Waals surface area (Å²) in [5.41, 5.74) is 10.2. The van der Waals surface area contributed by atoms with Gasteiger partial charge in [0.2, 0.25) is 0 Å². The van der Waals surface area contributed by atoms with Crippen LogP contribution in [0.1, 0.15) is 32.8 Å². The van der Waals surface area contributed by atoms with Crippen molar-refractivity contribution in [2.75, 3.05) is 5.73 Å². The molecule has 0 unspecified atom stereocenters. The molecular formula is C15H18N2O. The van der Waals surface area contributed by atoms with E-state index in [1.165, 1.54) is 11.1 Å². The van der Waals surface area contributed by atoms with Crippen molar-refractivity contribution in [1.82, 2.24) is 5.16 Å². The molecule has 0 radical (unpaired) electrons. The minimum Gasteiger partial charge on any atom is -0.380 e. The number of hydrogen-bond acceptors (Lipinski definition) is 3. The van der Waals surface area contributed by atoms with Crippen LogP contribution in [0.4, 0.5) is 5.82 Å². The van der Waals surface area contributed by atoms with E-state index < -0.39 is 0 Å². The molecule has 0 spiro atoms. The summed E-state index contributed by atoms with van der Waals surface area (Å²) >= 11 is 0. The third kappa shape index (κ3) is 2.30. The Morgan fingerprint density at radius 3 is 2.89 bits per heavy atom. The number of fused-ring (bicyclic) bond motifs is 1. The topological polar surface area (TPSA) is 52.0 Å². The van der Waals surface area contributed by atoms with Crippen LogP contribution in [0.5, 0.6) is 0 Å². The highest BCUT2D eigenvalue weighted by molar-refractivity contribution is 5.91. The molecule has 0 amide bonds. The maximum Gasteiger partial charge on any atom is 0.174 e. The van der Waals surface area contributed by atoms with Crippen LogP contribution in [-0.4, -0.2) is 5.16 Å². The van der Waals surface area contributed by atoms with Gasteiger partial charge in [0, 0.05) is 0 Å². The molecule has 0 saturated heterocycles. The van der Waals surface area contributed by atoms with Crippen LogP contribution < -0.4 is 5.73 Å². The fourth-order valence-corrected chi connectivity index (χ4v) is 1.84. The molecule has 0 aliphatic rings. The molecule has 0 fully saturated rings. The van der Waals surface area contributed by atoms with Crippen LogP contribution in [0.2, 0.25) is 0 Å². The predicted octanol–water partition coefficient (Wildman–Crippen LogP) is 4.17. The van der Waals surface area contributed by atoms with Gasteiger partial charge in [0.05, 0.1) is 5.39 Å². The molecule has 18 heavy (non-hydrogen) atoms. The molecule has 1 aromatic heterocycles. The molecule has 0 saturated carbocycles. The summed E-state index contributed by atoms with van der Waals surface area (Å²) in [5, 5.41) is 4.64. The normalized spacial score (nSPS) is 13.3. The molecule has 2 N–H and O–H groups in total. The van der Waals surface area contributed by atoms with Crippen molar-refractivity contribution in [3.63, 3.8) is 0 Å². The molecule has 1 aromatic carbocycles. The maximum atomic E-state index is 5.77. The van der Waals surface area contributed by atoms with Gasteiger partial charge in [-0.1, -0.05) is 35.9 Å². The number of allylic oxidation sites excluding steroid dienone is 4. The Hall–Kier alpha value is -2.03. The van der Waals surface area contributed by atoms with Crippen molar-refractivity contribution in [3.05, 3.63) is 41.5 Å². The van der Waals surface area contributed by atoms with Gasteiger partial charge in [-0.3, -0.25) is 0 Å². The summed E-state index contributed by atoms with van der Waals surface area (Å²) < 4.78 is 5.11. The quantitative estimate of drug-likeness (QED) is 0.822. The molecular weight excluding hydrogens is 224 g/mol. The average Bonchev–Trinajstić information content (AvgIpc) is 2.77. The number of benzene rings is 1. The molecule has 0 aliphatic heterocycles. The zero-order chi connectivity index (χ0) is 13.1. The SMILES string of the molecule is C/C=C(\C=C(\C)CC)c1ccc2onc(N)c2c1. The van der Waals surface area contributed by atoms with Crippen LogP contribution in [0.15, 0.2) is 40.4 Å². The first-order valence-electron chi connectivity index (χ1n) is 6.14. The number of rotatable bonds is 3. The highest BCUT2D eigenvalue weighted by atomic mass is 16.5. The van der Waals surface area contributed by atoms with Crippen molar-refractivity contribution in [2.24, 2.45) is 0 Å². The van der Waals surface area contributed by atoms with Gasteiger partial charge < -0.3 is 10.3 Å². The van der Waals surface area contributed by atoms with E-state index in [9.17, 15) is 0 Å². The molecule has 2 aromatic rings. The fraction of sp³-hybridized carbons (Fsp3) is 0.267. The van der Waals surface area contributed by atoms with Gasteiger partial charge >= 0.3 is 0 Å². The second kappa shape index (κ2) is 5.08. The smallest absolute Gasteiger partial charge is 0.174 e. The van der Waals surface area contributed by atoms with E-state index in [0.29, 0.717) is 5.82 Å². The summed E-state index contributed by atoms with van der Waals surface area (Å²) in [5.74, 6) is 0.443. The first-order valence-corrected chi connectivity index (χ1v) is 6.14. The molecule has 2 rings (SSSR count). The van der Waals surface area contributed by atoms with Gasteiger partial charge in [0.1, 0.15) is 0 Å². The lowest BCUT2D eigenvalue weighted by atomic mass is 10.0. The van der Waals surface area contributed by atoms with Crippen LogP contribution in [0, 0.1) is 0 Å². The molecule has 0 atom stereocenters. The summed E-state index contributed by atoms with van der Waals surface area (Å²) in [6.45, 7) is 6.33. The van der Waals surface area contributed by atoms with Crippen molar-refractivity contribution in [1.29, 1.82) is 0 Å². The summed E-state index contributed by atoms with van der Waals surface area (Å²) in [6.07, 6.45) is 5.35. The number of nitrogens with zero attached hydrogens (tertiary/aromatic N) is 1. The lowest BCUT2D eigenvalue weighted by Crippen LogP contribution is -1.86. The molecule has 0 aliphatic carbocycles. The first-order chi connectivity index (χ1) is 8.65. The van der Waals surface area contributed by atoms with E-state index in [4.69, 9.17) is 10.3 Å². The second-order valence-electron chi connectivity index (χ2n) is 4.37. The second-order valence-corrected chi connectivity index (χ2v) is 4.37. The lowest BCUT2D eigenvalue weighted by Gasteiger charge is -2.04. The monoisotopic (exact) mass is 242 g/mol. The zero-order valence-corrected chi connectivity index (χ0v) is 11.0. The number of aromatic nitrogens is 1. The summed E-state index contributed by atoms with van der Waals surface area (Å²) in [4.78, 5) is 0. The standard InChI is InChI=1S/C15H18N2O/c1-4-10(3)8-11(5-2)12-6-7-14-13(9-12)15(16)17-18-14/h5-9H,4H2,1-3H3,(H2,16,17)/b10-8-,11-5+. The molecule has 3 nitrogen and oxygen atoms in total. The Labute approximate surface area is 107 Å². The largest absolute Gasteiger partial charge is 0.380 e. The third-order valence-electron chi connectivity index (χ3n) is 3.10. The molecule has 1 heterocycles. The molecule has 3 heteroatoms. The predicted molar refractivity (Wildman–Crippen MR) is 76.1 cm³/mol. The number of anilines is 1. The molecule has 94 valence electrons.